The third-order valence-electron chi connectivity index (χ3n) is 6.96. The zero-order chi connectivity index (χ0) is 23.5. The molecule has 2 saturated heterocycles. The van der Waals surface area contributed by atoms with Crippen LogP contribution in [0, 0.1) is 18.7 Å². The minimum atomic E-state index is -0.234. The fourth-order valence-electron chi connectivity index (χ4n) is 5.09. The van der Waals surface area contributed by atoms with Crippen molar-refractivity contribution >= 4 is 22.4 Å². The van der Waals surface area contributed by atoms with Crippen molar-refractivity contribution in [2.45, 2.75) is 32.2 Å². The summed E-state index contributed by atoms with van der Waals surface area (Å²) in [6.45, 7) is 6.89. The van der Waals surface area contributed by atoms with Gasteiger partial charge in [-0.2, -0.15) is 0 Å². The van der Waals surface area contributed by atoms with E-state index >= 15 is 0 Å². The molecular weight excluding hydrogens is 433 g/mol. The van der Waals surface area contributed by atoms with Gasteiger partial charge in [0, 0.05) is 36.3 Å². The monoisotopic (exact) mass is 465 g/mol. The molecule has 5 rings (SSSR count). The van der Waals surface area contributed by atoms with Crippen molar-refractivity contribution in [2.75, 3.05) is 45.2 Å². The van der Waals surface area contributed by atoms with Crippen molar-refractivity contribution in [2.24, 2.45) is 5.92 Å². The number of aromatic nitrogens is 2. The summed E-state index contributed by atoms with van der Waals surface area (Å²) in [5.41, 5.74) is 2.08. The summed E-state index contributed by atoms with van der Waals surface area (Å²) in [5.74, 6) is 2.51. The quantitative estimate of drug-likeness (QED) is 0.481. The van der Waals surface area contributed by atoms with Crippen molar-refractivity contribution in [1.29, 1.82) is 0 Å². The number of rotatable bonds is 8. The van der Waals surface area contributed by atoms with Crippen LogP contribution in [0.15, 0.2) is 36.7 Å². The molecule has 0 radical (unpaired) electrons. The number of aryl methyl sites for hydroxylation is 1. The number of hydrogen-bond acceptors (Lipinski definition) is 7. The van der Waals surface area contributed by atoms with Crippen LogP contribution in [-0.2, 0) is 0 Å². The third kappa shape index (κ3) is 4.93. The molecule has 0 amide bonds. The Morgan fingerprint density at radius 1 is 1.18 bits per heavy atom. The highest BCUT2D eigenvalue weighted by Crippen LogP contribution is 2.35. The highest BCUT2D eigenvalue weighted by Gasteiger charge is 2.32. The number of piperidine rings is 1. The van der Waals surface area contributed by atoms with Gasteiger partial charge in [0.15, 0.2) is 11.5 Å². The zero-order valence-corrected chi connectivity index (χ0v) is 19.8. The molecule has 0 aliphatic carbocycles. The summed E-state index contributed by atoms with van der Waals surface area (Å²) in [5, 5.41) is 7.72. The molecule has 1 aromatic heterocycles. The van der Waals surface area contributed by atoms with Gasteiger partial charge >= 0.3 is 0 Å². The molecule has 0 spiro atoms. The van der Waals surface area contributed by atoms with Gasteiger partial charge in [-0.05, 0) is 75.0 Å². The maximum atomic E-state index is 13.7. The van der Waals surface area contributed by atoms with Crippen LogP contribution in [-0.4, -0.2) is 60.8 Å². The molecule has 3 aromatic rings. The van der Waals surface area contributed by atoms with Gasteiger partial charge in [0.1, 0.15) is 18.0 Å². The molecule has 8 heteroatoms. The second-order valence-corrected chi connectivity index (χ2v) is 9.23. The zero-order valence-electron chi connectivity index (χ0n) is 19.8. The van der Waals surface area contributed by atoms with E-state index in [1.54, 1.807) is 26.2 Å². The van der Waals surface area contributed by atoms with E-state index < -0.39 is 0 Å². The molecule has 2 aliphatic rings. The summed E-state index contributed by atoms with van der Waals surface area (Å²) in [6, 6.07) is 9.41. The largest absolute Gasteiger partial charge is 0.493 e. The van der Waals surface area contributed by atoms with E-state index in [1.807, 2.05) is 12.1 Å². The van der Waals surface area contributed by atoms with Gasteiger partial charge in [-0.15, -0.1) is 0 Å². The number of hydrogen-bond donors (Lipinski definition) is 2. The molecular formula is C26H32FN5O2. The first-order chi connectivity index (χ1) is 16.6. The first-order valence-electron chi connectivity index (χ1n) is 12.0. The number of anilines is 2. The molecule has 0 saturated carbocycles. The van der Waals surface area contributed by atoms with Crippen LogP contribution in [0.1, 0.15) is 24.8 Å². The Bertz CT molecular complexity index is 1160. The standard InChI is InChI=1S/C26H32FN5O2/c1-17-12-19(4-5-21(17)27)31-26-20-13-25(24(33-2)14-23(20)29-16-30-26)34-11-3-9-32-10-7-22-18(15-32)6-8-28-22/h4-5,12-14,16,18,22,28H,3,6-11,15H2,1-2H3,(H,29,30,31). The van der Waals surface area contributed by atoms with Gasteiger partial charge in [-0.3, -0.25) is 0 Å². The topological polar surface area (TPSA) is 71.5 Å². The van der Waals surface area contributed by atoms with Crippen LogP contribution in [0.2, 0.25) is 0 Å². The molecule has 2 aromatic carbocycles. The van der Waals surface area contributed by atoms with E-state index in [1.165, 1.54) is 31.8 Å². The molecule has 2 atom stereocenters. The summed E-state index contributed by atoms with van der Waals surface area (Å²) in [7, 11) is 1.63. The van der Waals surface area contributed by atoms with Crippen LogP contribution in [0.3, 0.4) is 0 Å². The van der Waals surface area contributed by atoms with E-state index in [0.717, 1.165) is 54.6 Å². The Labute approximate surface area is 199 Å². The number of methoxy groups -OCH3 is 1. The van der Waals surface area contributed by atoms with Crippen LogP contribution < -0.4 is 20.1 Å². The number of nitrogens with zero attached hydrogens (tertiary/aromatic N) is 3. The summed E-state index contributed by atoms with van der Waals surface area (Å²) < 4.78 is 25.4. The lowest BCUT2D eigenvalue weighted by Crippen LogP contribution is -2.44. The maximum Gasteiger partial charge on any atom is 0.162 e. The Morgan fingerprint density at radius 3 is 2.94 bits per heavy atom. The first-order valence-corrected chi connectivity index (χ1v) is 12.0. The summed E-state index contributed by atoms with van der Waals surface area (Å²) in [4.78, 5) is 11.4. The van der Waals surface area contributed by atoms with Gasteiger partial charge in [-0.25, -0.2) is 14.4 Å². The first kappa shape index (κ1) is 22.8. The maximum absolute atomic E-state index is 13.7. The lowest BCUT2D eigenvalue weighted by atomic mass is 9.93. The highest BCUT2D eigenvalue weighted by molar-refractivity contribution is 5.93. The van der Waals surface area contributed by atoms with Crippen molar-refractivity contribution < 1.29 is 13.9 Å². The Hall–Kier alpha value is -2.97. The van der Waals surface area contributed by atoms with Crippen molar-refractivity contribution in [3.05, 3.63) is 48.0 Å². The SMILES string of the molecule is COc1cc2ncnc(Nc3ccc(F)c(C)c3)c2cc1OCCCN1CCC2NCCC2C1. The summed E-state index contributed by atoms with van der Waals surface area (Å²) in [6.07, 6.45) is 5.00. The van der Waals surface area contributed by atoms with Crippen molar-refractivity contribution in [3.63, 3.8) is 0 Å². The summed E-state index contributed by atoms with van der Waals surface area (Å²) >= 11 is 0. The fraction of sp³-hybridized carbons (Fsp3) is 0.462. The predicted molar refractivity (Wildman–Crippen MR) is 132 cm³/mol. The minimum absolute atomic E-state index is 0.234. The van der Waals surface area contributed by atoms with Gasteiger partial charge < -0.3 is 25.0 Å². The average molecular weight is 466 g/mol. The predicted octanol–water partition coefficient (Wildman–Crippen LogP) is 4.28. The third-order valence-corrected chi connectivity index (χ3v) is 6.96. The van der Waals surface area contributed by atoms with E-state index in [-0.39, 0.29) is 5.82 Å². The van der Waals surface area contributed by atoms with E-state index in [2.05, 4.69) is 25.5 Å². The highest BCUT2D eigenvalue weighted by atomic mass is 19.1. The van der Waals surface area contributed by atoms with Gasteiger partial charge in [0.2, 0.25) is 0 Å². The van der Waals surface area contributed by atoms with Crippen LogP contribution in [0.4, 0.5) is 15.9 Å². The molecule has 34 heavy (non-hydrogen) atoms. The Morgan fingerprint density at radius 2 is 2.09 bits per heavy atom. The number of likely N-dealkylation sites (tertiary alicyclic amines) is 1. The molecule has 2 fully saturated rings. The molecule has 2 aliphatic heterocycles. The van der Waals surface area contributed by atoms with Gasteiger partial charge in [0.05, 0.1) is 19.2 Å². The van der Waals surface area contributed by atoms with Crippen LogP contribution >= 0.6 is 0 Å². The molecule has 0 bridgehead atoms. The lowest BCUT2D eigenvalue weighted by Gasteiger charge is -2.34. The number of benzene rings is 2. The smallest absolute Gasteiger partial charge is 0.162 e. The fourth-order valence-corrected chi connectivity index (χ4v) is 5.09. The minimum Gasteiger partial charge on any atom is -0.493 e. The molecule has 180 valence electrons. The Balaban J connectivity index is 1.26. The number of halogens is 1. The number of ether oxygens (including phenoxy) is 2. The van der Waals surface area contributed by atoms with Crippen molar-refractivity contribution in [1.82, 2.24) is 20.2 Å². The second-order valence-electron chi connectivity index (χ2n) is 9.23. The number of fused-ring (bicyclic) bond motifs is 2. The molecule has 7 nitrogen and oxygen atoms in total. The normalized spacial score (nSPS) is 20.3. The molecule has 2 unspecified atom stereocenters. The van der Waals surface area contributed by atoms with E-state index in [9.17, 15) is 4.39 Å². The molecule has 2 N–H and O–H groups in total. The lowest BCUT2D eigenvalue weighted by molar-refractivity contribution is 0.151. The average Bonchev–Trinajstić information content (AvgIpc) is 3.32. The van der Waals surface area contributed by atoms with E-state index in [4.69, 9.17) is 9.47 Å². The Kier molecular flexibility index (Phi) is 6.78. The second kappa shape index (κ2) is 10.1. The number of nitrogens with one attached hydrogen (secondary N) is 2. The van der Waals surface area contributed by atoms with Gasteiger partial charge in [0.25, 0.3) is 0 Å². The van der Waals surface area contributed by atoms with E-state index in [0.29, 0.717) is 29.5 Å². The van der Waals surface area contributed by atoms with Gasteiger partial charge in [-0.1, -0.05) is 0 Å². The van der Waals surface area contributed by atoms with Crippen LogP contribution in [0.5, 0.6) is 11.5 Å². The molecule has 3 heterocycles. The van der Waals surface area contributed by atoms with Crippen LogP contribution in [0.25, 0.3) is 10.9 Å². The van der Waals surface area contributed by atoms with Crippen molar-refractivity contribution in [3.8, 4) is 11.5 Å².